The monoisotopic (exact) mass is 415 g/mol. The van der Waals surface area contributed by atoms with Crippen molar-refractivity contribution >= 4 is 15.9 Å². The minimum Gasteiger partial charge on any atom is -0.497 e. The van der Waals surface area contributed by atoms with Crippen molar-refractivity contribution in [2.75, 3.05) is 26.7 Å². The van der Waals surface area contributed by atoms with Gasteiger partial charge in [-0.15, -0.1) is 0 Å². The number of carbonyl (C=O) groups excluding carboxylic acids is 1. The molecule has 2 aliphatic rings. The van der Waals surface area contributed by atoms with Crippen LogP contribution in [0.3, 0.4) is 0 Å². The average Bonchev–Trinajstić information content (AvgIpc) is 2.88. The second-order valence-corrected chi connectivity index (χ2v) is 9.72. The quantitative estimate of drug-likeness (QED) is 0.765. The molecule has 7 nitrogen and oxygen atoms in total. The van der Waals surface area contributed by atoms with Crippen molar-refractivity contribution in [1.82, 2.24) is 14.2 Å². The first-order valence-corrected chi connectivity index (χ1v) is 11.3. The number of amides is 1. The molecule has 29 heavy (non-hydrogen) atoms. The van der Waals surface area contributed by atoms with Gasteiger partial charge in [-0.1, -0.05) is 18.2 Å². The summed E-state index contributed by atoms with van der Waals surface area (Å²) in [7, 11) is -1.78. The van der Waals surface area contributed by atoms with E-state index >= 15 is 0 Å². The van der Waals surface area contributed by atoms with Crippen molar-refractivity contribution in [1.29, 1.82) is 0 Å². The highest BCUT2D eigenvalue weighted by atomic mass is 32.2. The van der Waals surface area contributed by atoms with Gasteiger partial charge in [-0.3, -0.25) is 9.78 Å². The number of hydrogen-bond donors (Lipinski definition) is 0. The second kappa shape index (κ2) is 8.12. The molecule has 0 aliphatic carbocycles. The molecule has 154 valence electrons. The van der Waals surface area contributed by atoms with E-state index in [1.165, 1.54) is 0 Å². The highest BCUT2D eigenvalue weighted by molar-refractivity contribution is 7.90. The lowest BCUT2D eigenvalue weighted by molar-refractivity contribution is 0.0753. The molecule has 1 aromatic heterocycles. The van der Waals surface area contributed by atoms with Crippen molar-refractivity contribution in [3.63, 3.8) is 0 Å². The zero-order valence-electron chi connectivity index (χ0n) is 16.4. The van der Waals surface area contributed by atoms with E-state index in [1.54, 1.807) is 40.7 Å². The number of fused-ring (bicyclic) bond motifs is 1. The molecule has 2 atom stereocenters. The first kappa shape index (κ1) is 19.8. The fraction of sp³-hybridized carbons (Fsp3) is 0.429. The summed E-state index contributed by atoms with van der Waals surface area (Å²) >= 11 is 0. The summed E-state index contributed by atoms with van der Waals surface area (Å²) < 4.78 is 33.0. The molecule has 0 saturated carbocycles. The van der Waals surface area contributed by atoms with Gasteiger partial charge >= 0.3 is 0 Å². The first-order chi connectivity index (χ1) is 14.0. The molecule has 0 N–H and O–H groups in total. The number of benzene rings is 1. The van der Waals surface area contributed by atoms with Crippen LogP contribution in [0.5, 0.6) is 5.75 Å². The molecular weight excluding hydrogens is 390 g/mol. The van der Waals surface area contributed by atoms with Crippen molar-refractivity contribution < 1.29 is 17.9 Å². The fourth-order valence-electron chi connectivity index (χ4n) is 4.24. The van der Waals surface area contributed by atoms with Crippen LogP contribution in [0.15, 0.2) is 48.7 Å². The Morgan fingerprint density at radius 2 is 1.90 bits per heavy atom. The molecule has 0 bridgehead atoms. The number of methoxy groups -OCH3 is 1. The van der Waals surface area contributed by atoms with Crippen LogP contribution in [0.25, 0.3) is 0 Å². The van der Waals surface area contributed by atoms with E-state index in [0.717, 1.165) is 11.3 Å². The molecular formula is C21H25N3O4S. The summed E-state index contributed by atoms with van der Waals surface area (Å²) in [4.78, 5) is 18.6. The predicted octanol–water partition coefficient (Wildman–Crippen LogP) is 2.16. The molecule has 1 aromatic carbocycles. The van der Waals surface area contributed by atoms with Crippen LogP contribution >= 0.6 is 0 Å². The first-order valence-electron chi connectivity index (χ1n) is 9.81. The van der Waals surface area contributed by atoms with E-state index in [0.29, 0.717) is 44.7 Å². The topological polar surface area (TPSA) is 79.8 Å². The summed E-state index contributed by atoms with van der Waals surface area (Å²) in [6.07, 6.45) is 2.74. The third-order valence-electron chi connectivity index (χ3n) is 5.85. The van der Waals surface area contributed by atoms with Gasteiger partial charge in [0, 0.05) is 32.4 Å². The van der Waals surface area contributed by atoms with E-state index < -0.39 is 15.3 Å². The summed E-state index contributed by atoms with van der Waals surface area (Å²) in [5, 5.41) is -0.428. The van der Waals surface area contributed by atoms with Crippen molar-refractivity contribution in [3.05, 3.63) is 59.9 Å². The maximum atomic E-state index is 13.1. The largest absolute Gasteiger partial charge is 0.497 e. The Bertz CT molecular complexity index is 963. The number of likely N-dealkylation sites (tertiary alicyclic amines) is 1. The van der Waals surface area contributed by atoms with E-state index in [-0.39, 0.29) is 11.8 Å². The molecule has 0 unspecified atom stereocenters. The van der Waals surface area contributed by atoms with Crippen molar-refractivity contribution in [2.24, 2.45) is 5.92 Å². The Kier molecular flexibility index (Phi) is 5.56. The van der Waals surface area contributed by atoms with Gasteiger partial charge in [0.05, 0.1) is 12.4 Å². The number of ether oxygens (including phenoxy) is 1. The lowest BCUT2D eigenvalue weighted by atomic mass is 10.0. The lowest BCUT2D eigenvalue weighted by Gasteiger charge is -2.22. The number of pyridine rings is 1. The standard InChI is InChI=1S/C21H25N3O4S/c1-28-18-7-5-16(6-8-18)14-24-15-17-9-12-23(13-10-20(17)29(24,26)27)21(25)19-4-2-3-11-22-19/h2-8,11,17,20H,9-10,12-15H2,1H3/t17-,20-/m1/s1. The zero-order valence-corrected chi connectivity index (χ0v) is 17.2. The molecule has 4 rings (SSSR count). The Balaban J connectivity index is 1.44. The van der Waals surface area contributed by atoms with Crippen LogP contribution in [-0.4, -0.2) is 60.5 Å². The van der Waals surface area contributed by atoms with Crippen molar-refractivity contribution in [3.8, 4) is 5.75 Å². The smallest absolute Gasteiger partial charge is 0.272 e. The van der Waals surface area contributed by atoms with Crippen LogP contribution in [0, 0.1) is 5.92 Å². The van der Waals surface area contributed by atoms with Gasteiger partial charge in [-0.25, -0.2) is 8.42 Å². The molecule has 2 aliphatic heterocycles. The van der Waals surface area contributed by atoms with Crippen LogP contribution in [0.1, 0.15) is 28.9 Å². The lowest BCUT2D eigenvalue weighted by Crippen LogP contribution is -2.35. The number of sulfonamides is 1. The summed E-state index contributed by atoms with van der Waals surface area (Å²) in [5.41, 5.74) is 1.35. The number of carbonyl (C=O) groups is 1. The summed E-state index contributed by atoms with van der Waals surface area (Å²) in [6, 6.07) is 12.7. The van der Waals surface area contributed by atoms with Gasteiger partial charge in [-0.05, 0) is 48.6 Å². The second-order valence-electron chi connectivity index (χ2n) is 7.57. The molecule has 1 amide bonds. The molecule has 8 heteroatoms. The Morgan fingerprint density at radius 3 is 2.59 bits per heavy atom. The third-order valence-corrected chi connectivity index (χ3v) is 8.23. The average molecular weight is 416 g/mol. The highest BCUT2D eigenvalue weighted by Crippen LogP contribution is 2.35. The van der Waals surface area contributed by atoms with Gasteiger partial charge < -0.3 is 9.64 Å². The number of rotatable bonds is 4. The van der Waals surface area contributed by atoms with Crippen molar-refractivity contribution in [2.45, 2.75) is 24.6 Å². The number of nitrogens with zero attached hydrogens (tertiary/aromatic N) is 3. The Hall–Kier alpha value is -2.45. The van der Waals surface area contributed by atoms with Gasteiger partial charge in [0.1, 0.15) is 11.4 Å². The third kappa shape index (κ3) is 4.00. The van der Waals surface area contributed by atoms with E-state index in [2.05, 4.69) is 4.98 Å². The van der Waals surface area contributed by atoms with E-state index in [9.17, 15) is 13.2 Å². The van der Waals surface area contributed by atoms with Crippen LogP contribution in [-0.2, 0) is 16.6 Å². The Labute approximate surface area is 171 Å². The summed E-state index contributed by atoms with van der Waals surface area (Å²) in [6.45, 7) is 1.87. The molecule has 3 heterocycles. The van der Waals surface area contributed by atoms with Gasteiger partial charge in [0.25, 0.3) is 5.91 Å². The van der Waals surface area contributed by atoms with Crippen LogP contribution < -0.4 is 4.74 Å². The highest BCUT2D eigenvalue weighted by Gasteiger charge is 2.47. The molecule has 2 saturated heterocycles. The number of hydrogen-bond acceptors (Lipinski definition) is 5. The maximum absolute atomic E-state index is 13.1. The van der Waals surface area contributed by atoms with Gasteiger partial charge in [0.15, 0.2) is 0 Å². The van der Waals surface area contributed by atoms with Gasteiger partial charge in [-0.2, -0.15) is 4.31 Å². The summed E-state index contributed by atoms with van der Waals surface area (Å²) in [5.74, 6) is 0.665. The fourth-order valence-corrected chi connectivity index (χ4v) is 6.46. The molecule has 2 fully saturated rings. The number of aromatic nitrogens is 1. The molecule has 0 radical (unpaired) electrons. The van der Waals surface area contributed by atoms with Crippen LogP contribution in [0.4, 0.5) is 0 Å². The molecule has 2 aromatic rings. The minimum absolute atomic E-state index is 0.0415. The zero-order chi connectivity index (χ0) is 20.4. The van der Waals surface area contributed by atoms with E-state index in [1.807, 2.05) is 24.3 Å². The maximum Gasteiger partial charge on any atom is 0.272 e. The molecule has 0 spiro atoms. The Morgan fingerprint density at radius 1 is 1.14 bits per heavy atom. The SMILES string of the molecule is COc1ccc(CN2C[C@H]3CCN(C(=O)c4ccccn4)CC[C@H]3S2(=O)=O)cc1. The van der Waals surface area contributed by atoms with E-state index in [4.69, 9.17) is 4.74 Å². The van der Waals surface area contributed by atoms with Gasteiger partial charge in [0.2, 0.25) is 10.0 Å². The predicted molar refractivity (Wildman–Crippen MR) is 109 cm³/mol. The van der Waals surface area contributed by atoms with Crippen LogP contribution in [0.2, 0.25) is 0 Å². The normalized spacial score (nSPS) is 24.0. The minimum atomic E-state index is -3.39.